The molecule has 1 saturated heterocycles. The third-order valence-electron chi connectivity index (χ3n) is 5.82. The molecule has 7 nitrogen and oxygen atoms in total. The van der Waals surface area contributed by atoms with Crippen molar-refractivity contribution in [3.63, 3.8) is 0 Å². The summed E-state index contributed by atoms with van der Waals surface area (Å²) in [7, 11) is 0. The van der Waals surface area contributed by atoms with Crippen LogP contribution in [0.15, 0.2) is 60.7 Å². The molecule has 0 radical (unpaired) electrons. The number of aromatic nitrogens is 2. The molecule has 0 unspecified atom stereocenters. The third-order valence-corrected chi connectivity index (χ3v) is 5.82. The smallest absolute Gasteiger partial charge is 0.226 e. The van der Waals surface area contributed by atoms with E-state index in [1.165, 1.54) is 12.8 Å². The lowest BCUT2D eigenvalue weighted by atomic mass is 10.1. The molecule has 0 atom stereocenters. The largest absolute Gasteiger partial charge is 0.355 e. The Kier molecular flexibility index (Phi) is 7.52. The van der Waals surface area contributed by atoms with Gasteiger partial charge < -0.3 is 15.5 Å². The maximum Gasteiger partial charge on any atom is 0.226 e. The van der Waals surface area contributed by atoms with Crippen LogP contribution in [0.4, 0.5) is 5.82 Å². The number of carbonyl (C=O) groups is 2. The number of rotatable bonds is 9. The van der Waals surface area contributed by atoms with Crippen molar-refractivity contribution in [1.29, 1.82) is 0 Å². The topological polar surface area (TPSA) is 79.3 Å². The maximum atomic E-state index is 12.7. The molecule has 2 heterocycles. The van der Waals surface area contributed by atoms with Crippen molar-refractivity contribution in [3.8, 4) is 16.9 Å². The van der Waals surface area contributed by atoms with Crippen molar-refractivity contribution >= 4 is 17.6 Å². The van der Waals surface area contributed by atoms with Gasteiger partial charge in [-0.05, 0) is 50.6 Å². The molecule has 172 valence electrons. The molecule has 0 aliphatic carbocycles. The zero-order chi connectivity index (χ0) is 23.0. The van der Waals surface area contributed by atoms with Crippen LogP contribution >= 0.6 is 0 Å². The minimum atomic E-state index is -0.210. The van der Waals surface area contributed by atoms with Crippen LogP contribution in [0.2, 0.25) is 0 Å². The SMILES string of the molecule is Cc1cccc(-n2nc(-c3ccccc3)cc2NC(=O)CCC(=O)NCCN2CCCC2)c1. The van der Waals surface area contributed by atoms with Gasteiger partial charge in [-0.3, -0.25) is 9.59 Å². The van der Waals surface area contributed by atoms with Crippen molar-refractivity contribution in [2.45, 2.75) is 32.6 Å². The Hall–Kier alpha value is -3.45. The zero-order valence-corrected chi connectivity index (χ0v) is 19.1. The van der Waals surface area contributed by atoms with E-state index in [0.717, 1.165) is 42.1 Å². The Labute approximate surface area is 194 Å². The molecule has 1 aliphatic heterocycles. The quantitative estimate of drug-likeness (QED) is 0.525. The Balaban J connectivity index is 1.39. The van der Waals surface area contributed by atoms with E-state index in [4.69, 9.17) is 5.10 Å². The van der Waals surface area contributed by atoms with Crippen molar-refractivity contribution in [1.82, 2.24) is 20.0 Å². The third kappa shape index (κ3) is 6.29. The normalized spacial score (nSPS) is 13.7. The Morgan fingerprint density at radius 1 is 0.939 bits per heavy atom. The summed E-state index contributed by atoms with van der Waals surface area (Å²) < 4.78 is 1.74. The average molecular weight is 446 g/mol. The number of amides is 2. The summed E-state index contributed by atoms with van der Waals surface area (Å²) in [5.74, 6) is 0.276. The van der Waals surface area contributed by atoms with Gasteiger partial charge in [0.15, 0.2) is 0 Å². The molecule has 7 heteroatoms. The first-order chi connectivity index (χ1) is 16.1. The molecule has 1 aromatic heterocycles. The second-order valence-corrected chi connectivity index (χ2v) is 8.48. The van der Waals surface area contributed by atoms with E-state index >= 15 is 0 Å². The van der Waals surface area contributed by atoms with E-state index in [9.17, 15) is 9.59 Å². The summed E-state index contributed by atoms with van der Waals surface area (Å²) in [6.07, 6.45) is 2.75. The van der Waals surface area contributed by atoms with Crippen molar-refractivity contribution in [2.24, 2.45) is 0 Å². The number of aryl methyl sites for hydroxylation is 1. The highest BCUT2D eigenvalue weighted by molar-refractivity contribution is 5.93. The maximum absolute atomic E-state index is 12.7. The molecular formula is C26H31N5O2. The first kappa shape index (κ1) is 22.7. The highest BCUT2D eigenvalue weighted by Crippen LogP contribution is 2.25. The fourth-order valence-electron chi connectivity index (χ4n) is 4.06. The number of likely N-dealkylation sites (tertiary alicyclic amines) is 1. The number of benzene rings is 2. The molecule has 0 bridgehead atoms. The van der Waals surface area contributed by atoms with E-state index in [1.54, 1.807) is 4.68 Å². The van der Waals surface area contributed by atoms with Crippen LogP contribution in [0.25, 0.3) is 16.9 Å². The second kappa shape index (κ2) is 10.9. The highest BCUT2D eigenvalue weighted by Gasteiger charge is 2.15. The van der Waals surface area contributed by atoms with Crippen LogP contribution in [-0.2, 0) is 9.59 Å². The van der Waals surface area contributed by atoms with E-state index in [1.807, 2.05) is 67.6 Å². The van der Waals surface area contributed by atoms with Gasteiger partial charge in [-0.15, -0.1) is 0 Å². The summed E-state index contributed by atoms with van der Waals surface area (Å²) in [5, 5.41) is 10.6. The Bertz CT molecular complexity index is 1090. The van der Waals surface area contributed by atoms with E-state index < -0.39 is 0 Å². The molecule has 33 heavy (non-hydrogen) atoms. The highest BCUT2D eigenvalue weighted by atomic mass is 16.2. The second-order valence-electron chi connectivity index (χ2n) is 8.48. The zero-order valence-electron chi connectivity index (χ0n) is 19.1. The lowest BCUT2D eigenvalue weighted by Crippen LogP contribution is -2.33. The fraction of sp³-hybridized carbons (Fsp3) is 0.346. The minimum absolute atomic E-state index is 0.0958. The number of nitrogens with zero attached hydrogens (tertiary/aromatic N) is 3. The van der Waals surface area contributed by atoms with Crippen LogP contribution < -0.4 is 10.6 Å². The Morgan fingerprint density at radius 3 is 2.45 bits per heavy atom. The summed E-state index contributed by atoms with van der Waals surface area (Å²) in [5.41, 5.74) is 3.71. The van der Waals surface area contributed by atoms with E-state index in [-0.39, 0.29) is 24.7 Å². The molecule has 1 fully saturated rings. The van der Waals surface area contributed by atoms with E-state index in [2.05, 4.69) is 15.5 Å². The molecule has 3 aromatic rings. The summed E-state index contributed by atoms with van der Waals surface area (Å²) in [4.78, 5) is 27.2. The Morgan fingerprint density at radius 2 is 1.70 bits per heavy atom. The molecule has 2 aromatic carbocycles. The van der Waals surface area contributed by atoms with Gasteiger partial charge in [-0.1, -0.05) is 42.5 Å². The standard InChI is InChI=1S/C26H31N5O2/c1-20-8-7-11-22(18-20)31-24(19-23(29-31)21-9-3-2-4-10-21)28-26(33)13-12-25(32)27-14-17-30-15-5-6-16-30/h2-4,7-11,18-19H,5-6,12-17H2,1H3,(H,27,32)(H,28,33). The van der Waals surface area contributed by atoms with Crippen LogP contribution in [0.5, 0.6) is 0 Å². The predicted octanol–water partition coefficient (Wildman–Crippen LogP) is 3.78. The van der Waals surface area contributed by atoms with Crippen molar-refractivity contribution < 1.29 is 9.59 Å². The summed E-state index contributed by atoms with van der Waals surface area (Å²) in [6, 6.07) is 19.7. The lowest BCUT2D eigenvalue weighted by molar-refractivity contribution is -0.124. The summed E-state index contributed by atoms with van der Waals surface area (Å²) >= 11 is 0. The molecule has 2 N–H and O–H groups in total. The summed E-state index contributed by atoms with van der Waals surface area (Å²) in [6.45, 7) is 5.73. The van der Waals surface area contributed by atoms with Gasteiger partial charge in [0.25, 0.3) is 0 Å². The van der Waals surface area contributed by atoms with Gasteiger partial charge in [-0.2, -0.15) is 5.10 Å². The van der Waals surface area contributed by atoms with Gasteiger partial charge in [0.05, 0.1) is 11.4 Å². The number of carbonyl (C=O) groups excluding carboxylic acids is 2. The fourth-order valence-corrected chi connectivity index (χ4v) is 4.06. The average Bonchev–Trinajstić information content (AvgIpc) is 3.49. The van der Waals surface area contributed by atoms with Crippen LogP contribution in [-0.4, -0.2) is 52.7 Å². The van der Waals surface area contributed by atoms with E-state index in [0.29, 0.717) is 12.4 Å². The van der Waals surface area contributed by atoms with Gasteiger partial charge in [0, 0.05) is 37.6 Å². The van der Waals surface area contributed by atoms with Crippen LogP contribution in [0, 0.1) is 6.92 Å². The molecule has 2 amide bonds. The van der Waals surface area contributed by atoms with Crippen LogP contribution in [0.1, 0.15) is 31.2 Å². The first-order valence-electron chi connectivity index (χ1n) is 11.6. The van der Waals surface area contributed by atoms with Gasteiger partial charge >= 0.3 is 0 Å². The lowest BCUT2D eigenvalue weighted by Gasteiger charge is -2.14. The molecule has 4 rings (SSSR count). The van der Waals surface area contributed by atoms with Crippen molar-refractivity contribution in [2.75, 3.05) is 31.5 Å². The number of hydrogen-bond acceptors (Lipinski definition) is 4. The molecular weight excluding hydrogens is 414 g/mol. The minimum Gasteiger partial charge on any atom is -0.355 e. The van der Waals surface area contributed by atoms with Gasteiger partial charge in [0.1, 0.15) is 5.82 Å². The number of anilines is 1. The monoisotopic (exact) mass is 445 g/mol. The van der Waals surface area contributed by atoms with Crippen LogP contribution in [0.3, 0.4) is 0 Å². The first-order valence-corrected chi connectivity index (χ1v) is 11.6. The predicted molar refractivity (Wildman–Crippen MR) is 130 cm³/mol. The molecule has 1 aliphatic rings. The van der Waals surface area contributed by atoms with Crippen molar-refractivity contribution in [3.05, 3.63) is 66.2 Å². The number of nitrogens with one attached hydrogen (secondary N) is 2. The molecule has 0 saturated carbocycles. The number of hydrogen-bond donors (Lipinski definition) is 2. The van der Waals surface area contributed by atoms with Gasteiger partial charge in [-0.25, -0.2) is 4.68 Å². The van der Waals surface area contributed by atoms with Gasteiger partial charge in [0.2, 0.25) is 11.8 Å². The molecule has 0 spiro atoms.